The number of aromatic amines is 1. The standard InChI is InChI=1S/C23H22N4O/c1-15-12-19-14-18(6-9-21(19)24-15)17-4-2-16(3-5-17)13-23(28)25-22-10-11-27(26-22)20-7-8-20/h2-6,9-12,14,20,24H,7-8,13H2,1H3,(H,25,26,28). The Morgan fingerprint density at radius 3 is 2.68 bits per heavy atom. The van der Waals surface area contributed by atoms with E-state index in [9.17, 15) is 4.79 Å². The monoisotopic (exact) mass is 370 g/mol. The van der Waals surface area contributed by atoms with E-state index in [1.807, 2.05) is 29.1 Å². The first-order valence-corrected chi connectivity index (χ1v) is 9.68. The van der Waals surface area contributed by atoms with Crippen LogP contribution in [0.15, 0.2) is 60.8 Å². The van der Waals surface area contributed by atoms with E-state index in [-0.39, 0.29) is 5.91 Å². The van der Waals surface area contributed by atoms with Crippen LogP contribution in [-0.2, 0) is 11.2 Å². The van der Waals surface area contributed by atoms with Crippen LogP contribution < -0.4 is 5.32 Å². The number of carbonyl (C=O) groups excluding carboxylic acids is 1. The van der Waals surface area contributed by atoms with E-state index in [0.717, 1.165) is 22.3 Å². The molecule has 2 N–H and O–H groups in total. The molecule has 1 saturated carbocycles. The smallest absolute Gasteiger partial charge is 0.229 e. The first-order chi connectivity index (χ1) is 13.6. The number of fused-ring (bicyclic) bond motifs is 1. The van der Waals surface area contributed by atoms with Crippen molar-refractivity contribution in [3.8, 4) is 11.1 Å². The lowest BCUT2D eigenvalue weighted by molar-refractivity contribution is -0.115. The maximum atomic E-state index is 12.3. The highest BCUT2D eigenvalue weighted by Crippen LogP contribution is 2.34. The first-order valence-electron chi connectivity index (χ1n) is 9.68. The summed E-state index contributed by atoms with van der Waals surface area (Å²) in [6.45, 7) is 2.07. The summed E-state index contributed by atoms with van der Waals surface area (Å²) in [5.74, 6) is 0.585. The third kappa shape index (κ3) is 3.43. The Labute approximate surface area is 163 Å². The van der Waals surface area contributed by atoms with Gasteiger partial charge in [0.15, 0.2) is 5.82 Å². The topological polar surface area (TPSA) is 62.7 Å². The molecule has 0 bridgehead atoms. The van der Waals surface area contributed by atoms with Gasteiger partial charge in [0.05, 0.1) is 12.5 Å². The SMILES string of the molecule is Cc1cc2cc(-c3ccc(CC(=O)Nc4ccn(C5CC5)n4)cc3)ccc2[nH]1. The van der Waals surface area contributed by atoms with Crippen LogP contribution in [0, 0.1) is 6.92 Å². The highest BCUT2D eigenvalue weighted by molar-refractivity contribution is 5.91. The highest BCUT2D eigenvalue weighted by Gasteiger charge is 2.24. The van der Waals surface area contributed by atoms with Crippen molar-refractivity contribution < 1.29 is 4.79 Å². The summed E-state index contributed by atoms with van der Waals surface area (Å²) in [5, 5.41) is 8.52. The van der Waals surface area contributed by atoms with Crippen molar-refractivity contribution in [1.29, 1.82) is 0 Å². The normalized spacial score (nSPS) is 13.8. The second-order valence-electron chi connectivity index (χ2n) is 7.59. The number of aryl methyl sites for hydroxylation is 1. The molecule has 0 aliphatic heterocycles. The van der Waals surface area contributed by atoms with Crippen LogP contribution >= 0.6 is 0 Å². The summed E-state index contributed by atoms with van der Waals surface area (Å²) in [6.07, 6.45) is 4.63. The predicted molar refractivity (Wildman–Crippen MR) is 111 cm³/mol. The average molecular weight is 370 g/mol. The van der Waals surface area contributed by atoms with E-state index < -0.39 is 0 Å². The van der Waals surface area contributed by atoms with Crippen molar-refractivity contribution in [3.05, 3.63) is 72.1 Å². The summed E-state index contributed by atoms with van der Waals surface area (Å²) in [4.78, 5) is 15.7. The molecule has 0 saturated heterocycles. The van der Waals surface area contributed by atoms with Crippen LogP contribution in [0.2, 0.25) is 0 Å². The molecule has 0 spiro atoms. The largest absolute Gasteiger partial charge is 0.359 e. The van der Waals surface area contributed by atoms with Crippen LogP contribution in [0.5, 0.6) is 0 Å². The molecule has 5 heteroatoms. The van der Waals surface area contributed by atoms with Crippen LogP contribution in [0.25, 0.3) is 22.0 Å². The molecule has 2 aromatic carbocycles. The lowest BCUT2D eigenvalue weighted by Crippen LogP contribution is -2.15. The zero-order chi connectivity index (χ0) is 19.1. The van der Waals surface area contributed by atoms with Crippen molar-refractivity contribution in [2.45, 2.75) is 32.2 Å². The minimum Gasteiger partial charge on any atom is -0.359 e. The van der Waals surface area contributed by atoms with Crippen molar-refractivity contribution in [2.75, 3.05) is 5.32 Å². The number of rotatable bonds is 5. The second kappa shape index (κ2) is 6.68. The molecule has 1 aliphatic rings. The van der Waals surface area contributed by atoms with E-state index in [2.05, 4.69) is 58.7 Å². The van der Waals surface area contributed by atoms with Gasteiger partial charge in [-0.15, -0.1) is 0 Å². The average Bonchev–Trinajstić information content (AvgIpc) is 3.31. The summed E-state index contributed by atoms with van der Waals surface area (Å²) in [6, 6.07) is 19.1. The van der Waals surface area contributed by atoms with Gasteiger partial charge in [-0.05, 0) is 54.7 Å². The second-order valence-corrected chi connectivity index (χ2v) is 7.59. The Kier molecular flexibility index (Phi) is 4.01. The number of anilines is 1. The molecule has 1 aliphatic carbocycles. The number of H-pyrrole nitrogens is 1. The highest BCUT2D eigenvalue weighted by atomic mass is 16.1. The summed E-state index contributed by atoms with van der Waals surface area (Å²) in [7, 11) is 0. The number of amides is 1. The Bertz CT molecular complexity index is 1150. The van der Waals surface area contributed by atoms with Gasteiger partial charge in [-0.2, -0.15) is 5.10 Å². The number of benzene rings is 2. The molecule has 1 amide bonds. The van der Waals surface area contributed by atoms with Crippen molar-refractivity contribution in [1.82, 2.24) is 14.8 Å². The molecular formula is C23H22N4O. The van der Waals surface area contributed by atoms with Crippen molar-refractivity contribution in [2.24, 2.45) is 0 Å². The Hall–Kier alpha value is -3.34. The summed E-state index contributed by atoms with van der Waals surface area (Å²) < 4.78 is 1.94. The molecule has 5 rings (SSSR count). The molecule has 5 nitrogen and oxygen atoms in total. The molecule has 0 unspecified atom stereocenters. The molecule has 28 heavy (non-hydrogen) atoms. The van der Waals surface area contributed by atoms with Gasteiger partial charge in [-0.1, -0.05) is 30.3 Å². The fourth-order valence-electron chi connectivity index (χ4n) is 3.59. The number of hydrogen-bond donors (Lipinski definition) is 2. The van der Waals surface area contributed by atoms with Gasteiger partial charge >= 0.3 is 0 Å². The maximum Gasteiger partial charge on any atom is 0.229 e. The Balaban J connectivity index is 1.26. The van der Waals surface area contributed by atoms with Gasteiger partial charge in [0.2, 0.25) is 5.91 Å². The summed E-state index contributed by atoms with van der Waals surface area (Å²) in [5.41, 5.74) is 5.62. The first kappa shape index (κ1) is 16.8. The van der Waals surface area contributed by atoms with Gasteiger partial charge in [0.1, 0.15) is 0 Å². The van der Waals surface area contributed by atoms with Crippen LogP contribution in [-0.4, -0.2) is 20.7 Å². The molecule has 4 aromatic rings. The van der Waals surface area contributed by atoms with Gasteiger partial charge in [0.25, 0.3) is 0 Å². The molecule has 0 atom stereocenters. The molecule has 0 radical (unpaired) electrons. The molecular weight excluding hydrogens is 348 g/mol. The van der Waals surface area contributed by atoms with Crippen LogP contribution in [0.1, 0.15) is 30.1 Å². The maximum absolute atomic E-state index is 12.3. The number of carbonyl (C=O) groups is 1. The van der Waals surface area contributed by atoms with Gasteiger partial charge in [-0.25, -0.2) is 0 Å². The third-order valence-electron chi connectivity index (χ3n) is 5.20. The van der Waals surface area contributed by atoms with E-state index in [1.54, 1.807) is 0 Å². The van der Waals surface area contributed by atoms with E-state index in [0.29, 0.717) is 18.3 Å². The van der Waals surface area contributed by atoms with Gasteiger partial charge < -0.3 is 10.3 Å². The minimum atomic E-state index is -0.0435. The van der Waals surface area contributed by atoms with E-state index in [4.69, 9.17) is 0 Å². The van der Waals surface area contributed by atoms with Crippen molar-refractivity contribution >= 4 is 22.6 Å². The Morgan fingerprint density at radius 1 is 1.11 bits per heavy atom. The number of nitrogens with zero attached hydrogens (tertiary/aromatic N) is 2. The lowest BCUT2D eigenvalue weighted by Gasteiger charge is -2.06. The quantitative estimate of drug-likeness (QED) is 0.527. The van der Waals surface area contributed by atoms with Crippen LogP contribution in [0.3, 0.4) is 0 Å². The van der Waals surface area contributed by atoms with Crippen molar-refractivity contribution in [3.63, 3.8) is 0 Å². The number of hydrogen-bond acceptors (Lipinski definition) is 2. The number of aromatic nitrogens is 3. The fourth-order valence-corrected chi connectivity index (χ4v) is 3.59. The van der Waals surface area contributed by atoms with Crippen LogP contribution in [0.4, 0.5) is 5.82 Å². The van der Waals surface area contributed by atoms with E-state index >= 15 is 0 Å². The molecule has 1 fully saturated rings. The third-order valence-corrected chi connectivity index (χ3v) is 5.20. The zero-order valence-electron chi connectivity index (χ0n) is 15.8. The van der Waals surface area contributed by atoms with Gasteiger partial charge in [-0.3, -0.25) is 9.48 Å². The molecule has 2 heterocycles. The van der Waals surface area contributed by atoms with Gasteiger partial charge in [0, 0.05) is 28.9 Å². The summed E-state index contributed by atoms with van der Waals surface area (Å²) >= 11 is 0. The molecule has 2 aromatic heterocycles. The zero-order valence-corrected chi connectivity index (χ0v) is 15.8. The minimum absolute atomic E-state index is 0.0435. The van der Waals surface area contributed by atoms with E-state index in [1.165, 1.54) is 23.8 Å². The Morgan fingerprint density at radius 2 is 1.89 bits per heavy atom. The predicted octanol–water partition coefficient (Wildman–Crippen LogP) is 4.86. The number of nitrogens with one attached hydrogen (secondary N) is 2. The lowest BCUT2D eigenvalue weighted by atomic mass is 10.0. The molecule has 140 valence electrons. The fraction of sp³-hybridized carbons (Fsp3) is 0.217.